The molecule has 0 bridgehead atoms. The smallest absolute Gasteiger partial charge is 0.250 e. The summed E-state index contributed by atoms with van der Waals surface area (Å²) in [5.41, 5.74) is 13.6. The van der Waals surface area contributed by atoms with Gasteiger partial charge in [-0.1, -0.05) is 0 Å². The summed E-state index contributed by atoms with van der Waals surface area (Å²) in [4.78, 5) is 16.3. The third-order valence-corrected chi connectivity index (χ3v) is 3.62. The van der Waals surface area contributed by atoms with Crippen LogP contribution in [-0.2, 0) is 6.54 Å². The molecular weight excluding hydrogens is 267 g/mol. The second-order valence-electron chi connectivity index (χ2n) is 4.00. The largest absolute Gasteiger partial charge is 0.398 e. The minimum absolute atomic E-state index is 0.0320. The fourth-order valence-corrected chi connectivity index (χ4v) is 2.33. The van der Waals surface area contributed by atoms with E-state index in [1.807, 2.05) is 6.92 Å². The predicted molar refractivity (Wildman–Crippen MR) is 73.5 cm³/mol. The molecule has 0 saturated heterocycles. The average molecular weight is 280 g/mol. The van der Waals surface area contributed by atoms with Crippen LogP contribution in [0.1, 0.15) is 20.9 Å². The number of primary amides is 1. The predicted octanol–water partition coefficient (Wildman–Crippen LogP) is 1.88. The minimum atomic E-state index is -0.686. The van der Waals surface area contributed by atoms with Crippen molar-refractivity contribution in [1.29, 1.82) is 0 Å². The first-order valence-corrected chi connectivity index (χ1v) is 6.38. The Morgan fingerprint density at radius 3 is 2.84 bits per heavy atom. The van der Waals surface area contributed by atoms with Crippen LogP contribution in [-0.4, -0.2) is 10.9 Å². The van der Waals surface area contributed by atoms with Gasteiger partial charge >= 0.3 is 0 Å². The summed E-state index contributed by atoms with van der Waals surface area (Å²) < 4.78 is 13.7. The molecular formula is C12H13FN4OS. The Hall–Kier alpha value is -2.15. The van der Waals surface area contributed by atoms with Crippen LogP contribution in [0.25, 0.3) is 0 Å². The first kappa shape index (κ1) is 13.3. The lowest BCUT2D eigenvalue weighted by molar-refractivity contribution is 0.100. The van der Waals surface area contributed by atoms with E-state index in [1.54, 1.807) is 5.51 Å². The third kappa shape index (κ3) is 2.82. The molecule has 2 rings (SSSR count). The number of nitrogens with zero attached hydrogens (tertiary/aromatic N) is 1. The van der Waals surface area contributed by atoms with Crippen molar-refractivity contribution in [3.05, 3.63) is 39.6 Å². The maximum Gasteiger partial charge on any atom is 0.250 e. The van der Waals surface area contributed by atoms with Crippen LogP contribution in [0.3, 0.4) is 0 Å². The maximum absolute atomic E-state index is 13.7. The second-order valence-corrected chi connectivity index (χ2v) is 4.94. The van der Waals surface area contributed by atoms with Crippen LogP contribution < -0.4 is 16.8 Å². The highest BCUT2D eigenvalue weighted by Crippen LogP contribution is 2.23. The van der Waals surface area contributed by atoms with Crippen molar-refractivity contribution < 1.29 is 9.18 Å². The van der Waals surface area contributed by atoms with Crippen molar-refractivity contribution in [1.82, 2.24) is 4.98 Å². The number of hydrogen-bond donors (Lipinski definition) is 3. The fraction of sp³-hybridized carbons (Fsp3) is 0.167. The molecule has 7 heteroatoms. The lowest BCUT2D eigenvalue weighted by Gasteiger charge is -2.10. The number of benzene rings is 1. The number of rotatable bonds is 4. The molecule has 0 unspecified atom stereocenters. The van der Waals surface area contributed by atoms with Gasteiger partial charge in [-0.25, -0.2) is 9.37 Å². The van der Waals surface area contributed by atoms with Crippen molar-refractivity contribution in [2.75, 3.05) is 11.1 Å². The minimum Gasteiger partial charge on any atom is -0.398 e. The zero-order chi connectivity index (χ0) is 14.0. The lowest BCUT2D eigenvalue weighted by Crippen LogP contribution is -2.15. The Balaban J connectivity index is 2.23. The highest BCUT2D eigenvalue weighted by molar-refractivity contribution is 7.09. The summed E-state index contributed by atoms with van der Waals surface area (Å²) in [6.07, 6.45) is 0. The first-order valence-electron chi connectivity index (χ1n) is 5.50. The molecule has 0 radical (unpaired) electrons. The molecule has 0 spiro atoms. The molecule has 0 aliphatic heterocycles. The maximum atomic E-state index is 13.7. The summed E-state index contributed by atoms with van der Waals surface area (Å²) in [6.45, 7) is 2.30. The zero-order valence-corrected chi connectivity index (χ0v) is 11.1. The Bertz CT molecular complexity index is 626. The number of nitrogens with one attached hydrogen (secondary N) is 1. The molecule has 5 N–H and O–H groups in total. The van der Waals surface area contributed by atoms with Gasteiger partial charge in [-0.3, -0.25) is 4.79 Å². The van der Waals surface area contributed by atoms with Crippen LogP contribution >= 0.6 is 11.3 Å². The number of amides is 1. The van der Waals surface area contributed by atoms with Gasteiger partial charge in [0.25, 0.3) is 5.91 Å². The van der Waals surface area contributed by atoms with Crippen molar-refractivity contribution in [3.8, 4) is 0 Å². The molecule has 1 amide bonds. The highest BCUT2D eigenvalue weighted by atomic mass is 32.1. The SMILES string of the molecule is Cc1ncsc1CNc1cc(C(N)=O)c(N)cc1F. The molecule has 0 atom stereocenters. The number of aromatic nitrogens is 1. The van der Waals surface area contributed by atoms with Crippen LogP contribution in [0.15, 0.2) is 17.6 Å². The number of carbonyl (C=O) groups excluding carboxylic acids is 1. The standard InChI is InChI=1S/C12H13FN4OS/c1-6-11(19-5-17-6)4-16-10-2-7(12(15)18)9(14)3-8(10)13/h2-3,5,16H,4,14H2,1H3,(H2,15,18). The number of nitrogens with two attached hydrogens (primary N) is 2. The van der Waals surface area contributed by atoms with Crippen LogP contribution in [0.2, 0.25) is 0 Å². The van der Waals surface area contributed by atoms with Gasteiger partial charge in [-0.15, -0.1) is 11.3 Å². The van der Waals surface area contributed by atoms with Gasteiger partial charge in [0.2, 0.25) is 0 Å². The fourth-order valence-electron chi connectivity index (χ4n) is 1.61. The number of hydrogen-bond acceptors (Lipinski definition) is 5. The molecule has 0 fully saturated rings. The van der Waals surface area contributed by atoms with E-state index in [-0.39, 0.29) is 16.9 Å². The van der Waals surface area contributed by atoms with Crippen molar-refractivity contribution in [3.63, 3.8) is 0 Å². The van der Waals surface area contributed by atoms with Crippen LogP contribution in [0.5, 0.6) is 0 Å². The molecule has 1 aromatic heterocycles. The first-order chi connectivity index (χ1) is 8.99. The summed E-state index contributed by atoms with van der Waals surface area (Å²) in [5.74, 6) is -1.21. The molecule has 19 heavy (non-hydrogen) atoms. The molecule has 0 aliphatic rings. The van der Waals surface area contributed by atoms with Gasteiger partial charge in [0, 0.05) is 10.6 Å². The number of thiazole rings is 1. The Morgan fingerprint density at radius 2 is 2.26 bits per heavy atom. The summed E-state index contributed by atoms with van der Waals surface area (Å²) >= 11 is 1.48. The molecule has 100 valence electrons. The van der Waals surface area contributed by atoms with E-state index in [2.05, 4.69) is 10.3 Å². The summed E-state index contributed by atoms with van der Waals surface area (Å²) in [6, 6.07) is 2.41. The second kappa shape index (κ2) is 5.23. The van der Waals surface area contributed by atoms with E-state index in [0.717, 1.165) is 16.6 Å². The number of nitrogen functional groups attached to an aromatic ring is 1. The topological polar surface area (TPSA) is 94.0 Å². The van der Waals surface area contributed by atoms with Gasteiger partial charge in [0.15, 0.2) is 0 Å². The lowest BCUT2D eigenvalue weighted by atomic mass is 10.1. The van der Waals surface area contributed by atoms with Crippen LogP contribution in [0, 0.1) is 12.7 Å². The van der Waals surface area contributed by atoms with Gasteiger partial charge < -0.3 is 16.8 Å². The van der Waals surface area contributed by atoms with Crippen LogP contribution in [0.4, 0.5) is 15.8 Å². The highest BCUT2D eigenvalue weighted by Gasteiger charge is 2.12. The molecule has 2 aromatic rings. The van der Waals surface area contributed by atoms with Crippen molar-refractivity contribution in [2.45, 2.75) is 13.5 Å². The summed E-state index contributed by atoms with van der Waals surface area (Å²) in [7, 11) is 0. The molecule has 0 aliphatic carbocycles. The zero-order valence-electron chi connectivity index (χ0n) is 10.2. The Morgan fingerprint density at radius 1 is 1.53 bits per heavy atom. The molecule has 0 saturated carbocycles. The van der Waals surface area contributed by atoms with E-state index < -0.39 is 11.7 Å². The monoisotopic (exact) mass is 280 g/mol. The Kier molecular flexibility index (Phi) is 3.66. The summed E-state index contributed by atoms with van der Waals surface area (Å²) in [5, 5.41) is 2.91. The quantitative estimate of drug-likeness (QED) is 0.745. The van der Waals surface area contributed by atoms with Gasteiger partial charge in [0.1, 0.15) is 5.82 Å². The van der Waals surface area contributed by atoms with E-state index in [0.29, 0.717) is 6.54 Å². The van der Waals surface area contributed by atoms with E-state index in [4.69, 9.17) is 11.5 Å². The normalized spacial score (nSPS) is 10.4. The molecule has 1 heterocycles. The molecule has 1 aromatic carbocycles. The number of halogens is 1. The number of anilines is 2. The van der Waals surface area contributed by atoms with Gasteiger partial charge in [-0.2, -0.15) is 0 Å². The van der Waals surface area contributed by atoms with E-state index in [1.165, 1.54) is 17.4 Å². The average Bonchev–Trinajstić information content (AvgIpc) is 2.73. The number of carbonyl (C=O) groups is 1. The van der Waals surface area contributed by atoms with Gasteiger partial charge in [0.05, 0.1) is 29.0 Å². The Labute approximate surface area is 113 Å². The van der Waals surface area contributed by atoms with Crippen molar-refractivity contribution in [2.24, 2.45) is 5.73 Å². The molecule has 5 nitrogen and oxygen atoms in total. The van der Waals surface area contributed by atoms with E-state index >= 15 is 0 Å². The third-order valence-electron chi connectivity index (χ3n) is 2.69. The van der Waals surface area contributed by atoms with Crippen molar-refractivity contribution >= 4 is 28.6 Å². The number of aryl methyl sites for hydroxylation is 1. The van der Waals surface area contributed by atoms with Gasteiger partial charge in [-0.05, 0) is 19.1 Å². The van der Waals surface area contributed by atoms with E-state index in [9.17, 15) is 9.18 Å².